The lowest BCUT2D eigenvalue weighted by atomic mass is 10.2. The molecule has 1 rings (SSSR count). The van der Waals surface area contributed by atoms with Crippen molar-refractivity contribution in [1.82, 2.24) is 5.32 Å². The molecule has 0 saturated heterocycles. The Labute approximate surface area is 126 Å². The Morgan fingerprint density at radius 2 is 2.10 bits per heavy atom. The van der Waals surface area contributed by atoms with Crippen LogP contribution in [0.1, 0.15) is 32.8 Å². The van der Waals surface area contributed by atoms with Crippen LogP contribution < -0.4 is 14.8 Å². The van der Waals surface area contributed by atoms with E-state index in [-0.39, 0.29) is 0 Å². The molecule has 1 aromatic rings. The van der Waals surface area contributed by atoms with E-state index in [1.165, 1.54) is 0 Å². The molecule has 0 aliphatic heterocycles. The van der Waals surface area contributed by atoms with Crippen LogP contribution in [0.2, 0.25) is 0 Å². The summed E-state index contributed by atoms with van der Waals surface area (Å²) in [5, 5.41) is 3.31. The van der Waals surface area contributed by atoms with Crippen LogP contribution in [0.25, 0.3) is 0 Å². The van der Waals surface area contributed by atoms with Crippen LogP contribution in [0, 0.1) is 0 Å². The number of benzene rings is 1. The van der Waals surface area contributed by atoms with Gasteiger partial charge >= 0.3 is 0 Å². The minimum atomic E-state index is 0.486. The van der Waals surface area contributed by atoms with Crippen LogP contribution in [-0.2, 0) is 6.54 Å². The molecule has 0 radical (unpaired) electrons. The molecule has 20 heavy (non-hydrogen) atoms. The molecule has 0 aromatic heterocycles. The summed E-state index contributed by atoms with van der Waals surface area (Å²) < 4.78 is 11.5. The molecule has 3 nitrogen and oxygen atoms in total. The molecule has 0 amide bonds. The number of hydrogen-bond acceptors (Lipinski definition) is 3. The quantitative estimate of drug-likeness (QED) is 0.744. The minimum Gasteiger partial charge on any atom is -0.493 e. The van der Waals surface area contributed by atoms with Gasteiger partial charge in [-0.15, -0.1) is 0 Å². The third-order valence-electron chi connectivity index (χ3n) is 2.72. The van der Waals surface area contributed by atoms with Gasteiger partial charge < -0.3 is 14.8 Å². The van der Waals surface area contributed by atoms with Crippen LogP contribution in [0.5, 0.6) is 11.5 Å². The van der Waals surface area contributed by atoms with E-state index < -0.39 is 0 Å². The maximum Gasteiger partial charge on any atom is 0.127 e. The van der Waals surface area contributed by atoms with Gasteiger partial charge in [0.2, 0.25) is 0 Å². The molecule has 0 aliphatic carbocycles. The van der Waals surface area contributed by atoms with Crippen LogP contribution in [0.15, 0.2) is 29.3 Å². The van der Waals surface area contributed by atoms with Crippen molar-refractivity contribution in [3.63, 3.8) is 0 Å². The Hall–Kier alpha value is -1.19. The first-order valence-corrected chi connectivity index (χ1v) is 7.50. The minimum absolute atomic E-state index is 0.486. The summed E-state index contributed by atoms with van der Waals surface area (Å²) in [6, 6.07) is 5.98. The van der Waals surface area contributed by atoms with Crippen LogP contribution in [-0.4, -0.2) is 19.8 Å². The maximum atomic E-state index is 5.83. The summed E-state index contributed by atoms with van der Waals surface area (Å²) in [5.74, 6) is 1.69. The first-order valence-electron chi connectivity index (χ1n) is 7.06. The second-order valence-corrected chi connectivity index (χ2v) is 4.86. The van der Waals surface area contributed by atoms with Crippen LogP contribution in [0.4, 0.5) is 0 Å². The molecule has 0 unspecified atom stereocenters. The average molecular weight is 298 g/mol. The van der Waals surface area contributed by atoms with E-state index in [0.29, 0.717) is 13.2 Å². The molecule has 0 spiro atoms. The van der Waals surface area contributed by atoms with E-state index in [0.717, 1.165) is 42.1 Å². The number of halogens is 1. The Balaban J connectivity index is 2.81. The molecular weight excluding hydrogens is 274 g/mol. The zero-order valence-electron chi connectivity index (χ0n) is 12.5. The van der Waals surface area contributed by atoms with Gasteiger partial charge in [-0.25, -0.2) is 0 Å². The molecule has 0 bridgehead atoms. The Morgan fingerprint density at radius 1 is 1.30 bits per heavy atom. The monoisotopic (exact) mass is 297 g/mol. The third kappa shape index (κ3) is 5.85. The molecule has 0 aliphatic rings. The van der Waals surface area contributed by atoms with Gasteiger partial charge in [-0.05, 0) is 31.5 Å². The van der Waals surface area contributed by atoms with Gasteiger partial charge in [0, 0.05) is 23.7 Å². The van der Waals surface area contributed by atoms with Crippen molar-refractivity contribution in [2.75, 3.05) is 19.8 Å². The van der Waals surface area contributed by atoms with Crippen molar-refractivity contribution in [2.24, 2.45) is 0 Å². The fraction of sp³-hybridized carbons (Fsp3) is 0.500. The van der Waals surface area contributed by atoms with E-state index in [9.17, 15) is 0 Å². The van der Waals surface area contributed by atoms with Crippen molar-refractivity contribution in [3.8, 4) is 11.5 Å². The Bertz CT molecular complexity index is 432. The average Bonchev–Trinajstić information content (AvgIpc) is 2.49. The molecule has 1 aromatic carbocycles. The van der Waals surface area contributed by atoms with Gasteiger partial charge in [0.25, 0.3) is 0 Å². The molecule has 1 N–H and O–H groups in total. The first kappa shape index (κ1) is 16.9. The SMILES string of the molecule is CCCOc1ccc(CNCC)c(OC/C(C)=C/Cl)c1. The van der Waals surface area contributed by atoms with Crippen molar-refractivity contribution >= 4 is 11.6 Å². The Kier molecular flexibility index (Phi) is 8.16. The predicted octanol–water partition coefficient (Wildman–Crippen LogP) is 4.11. The van der Waals surface area contributed by atoms with E-state index in [1.807, 2.05) is 25.1 Å². The van der Waals surface area contributed by atoms with Gasteiger partial charge in [-0.1, -0.05) is 31.5 Å². The highest BCUT2D eigenvalue weighted by molar-refractivity contribution is 6.25. The standard InChI is InChI=1S/C16H24ClNO2/c1-4-8-19-15-7-6-14(11-18-5-2)16(9-15)20-12-13(3)10-17/h6-7,9-10,18H,4-5,8,11-12H2,1-3H3/b13-10+. The number of rotatable bonds is 9. The number of nitrogens with one attached hydrogen (secondary N) is 1. The summed E-state index contributed by atoms with van der Waals surface area (Å²) in [7, 11) is 0. The molecular formula is C16H24ClNO2. The Morgan fingerprint density at radius 3 is 2.75 bits per heavy atom. The summed E-state index contributed by atoms with van der Waals surface area (Å²) in [6.45, 7) is 9.02. The van der Waals surface area contributed by atoms with Gasteiger partial charge in [-0.3, -0.25) is 0 Å². The fourth-order valence-electron chi connectivity index (χ4n) is 1.61. The van der Waals surface area contributed by atoms with E-state index in [2.05, 4.69) is 19.2 Å². The lowest BCUT2D eigenvalue weighted by Crippen LogP contribution is -2.13. The second kappa shape index (κ2) is 9.67. The highest BCUT2D eigenvalue weighted by Gasteiger charge is 2.06. The van der Waals surface area contributed by atoms with E-state index in [1.54, 1.807) is 5.54 Å². The number of hydrogen-bond donors (Lipinski definition) is 1. The highest BCUT2D eigenvalue weighted by atomic mass is 35.5. The zero-order chi connectivity index (χ0) is 14.8. The lowest BCUT2D eigenvalue weighted by molar-refractivity contribution is 0.309. The van der Waals surface area contributed by atoms with Gasteiger partial charge in [0.1, 0.15) is 18.1 Å². The van der Waals surface area contributed by atoms with Crippen LogP contribution >= 0.6 is 11.6 Å². The topological polar surface area (TPSA) is 30.5 Å². The zero-order valence-corrected chi connectivity index (χ0v) is 13.3. The van der Waals surface area contributed by atoms with Crippen molar-refractivity contribution in [2.45, 2.75) is 33.7 Å². The molecule has 0 atom stereocenters. The van der Waals surface area contributed by atoms with Crippen molar-refractivity contribution < 1.29 is 9.47 Å². The van der Waals surface area contributed by atoms with Gasteiger partial charge in [-0.2, -0.15) is 0 Å². The lowest BCUT2D eigenvalue weighted by Gasteiger charge is -2.14. The number of ether oxygens (including phenoxy) is 2. The van der Waals surface area contributed by atoms with Crippen molar-refractivity contribution in [3.05, 3.63) is 34.9 Å². The molecule has 4 heteroatoms. The van der Waals surface area contributed by atoms with Gasteiger partial charge in [0.15, 0.2) is 0 Å². The summed E-state index contributed by atoms with van der Waals surface area (Å²) in [6.07, 6.45) is 0.990. The molecule has 0 fully saturated rings. The van der Waals surface area contributed by atoms with Gasteiger partial charge in [0.05, 0.1) is 6.61 Å². The predicted molar refractivity (Wildman–Crippen MR) is 84.7 cm³/mol. The summed E-state index contributed by atoms with van der Waals surface area (Å²) in [4.78, 5) is 0. The van der Waals surface area contributed by atoms with Crippen molar-refractivity contribution in [1.29, 1.82) is 0 Å². The van der Waals surface area contributed by atoms with Crippen LogP contribution in [0.3, 0.4) is 0 Å². The third-order valence-corrected chi connectivity index (χ3v) is 3.09. The molecule has 0 heterocycles. The fourth-order valence-corrected chi connectivity index (χ4v) is 1.67. The summed E-state index contributed by atoms with van der Waals surface area (Å²) >= 11 is 5.66. The van der Waals surface area contributed by atoms with E-state index >= 15 is 0 Å². The smallest absolute Gasteiger partial charge is 0.127 e. The molecule has 112 valence electrons. The summed E-state index contributed by atoms with van der Waals surface area (Å²) in [5.41, 5.74) is 3.65. The normalized spacial score (nSPS) is 11.5. The first-order chi connectivity index (χ1) is 9.71. The highest BCUT2D eigenvalue weighted by Crippen LogP contribution is 2.25. The molecule has 0 saturated carbocycles. The largest absolute Gasteiger partial charge is 0.493 e. The maximum absolute atomic E-state index is 5.83. The van der Waals surface area contributed by atoms with E-state index in [4.69, 9.17) is 21.1 Å². The second-order valence-electron chi connectivity index (χ2n) is 4.64.